The summed E-state index contributed by atoms with van der Waals surface area (Å²) in [5.74, 6) is 5.97. The topological polar surface area (TPSA) is 37.8 Å². The van der Waals surface area contributed by atoms with Crippen molar-refractivity contribution in [3.05, 3.63) is 23.8 Å². The van der Waals surface area contributed by atoms with E-state index in [2.05, 4.69) is 34.0 Å². The van der Waals surface area contributed by atoms with Crippen molar-refractivity contribution >= 4 is 0 Å². The van der Waals surface area contributed by atoms with Crippen LogP contribution in [-0.4, -0.2) is 16.5 Å². The maximum atomic E-state index is 4.36. The van der Waals surface area contributed by atoms with Gasteiger partial charge in [-0.2, -0.15) is 0 Å². The van der Waals surface area contributed by atoms with Gasteiger partial charge in [-0.3, -0.25) is 9.97 Å². The van der Waals surface area contributed by atoms with Gasteiger partial charge in [-0.1, -0.05) is 6.92 Å². The molecule has 0 amide bonds. The van der Waals surface area contributed by atoms with E-state index in [1.807, 2.05) is 20.0 Å². The zero-order chi connectivity index (χ0) is 11.1. The van der Waals surface area contributed by atoms with E-state index < -0.39 is 0 Å². The van der Waals surface area contributed by atoms with Crippen molar-refractivity contribution < 1.29 is 0 Å². The molecule has 0 aromatic carbocycles. The molecule has 0 fully saturated rings. The van der Waals surface area contributed by atoms with Gasteiger partial charge in [0, 0.05) is 12.6 Å². The molecule has 0 radical (unpaired) electrons. The van der Waals surface area contributed by atoms with Crippen LogP contribution >= 0.6 is 0 Å². The van der Waals surface area contributed by atoms with E-state index in [-0.39, 0.29) is 6.04 Å². The molecule has 0 saturated carbocycles. The number of rotatable bonds is 4. The lowest BCUT2D eigenvalue weighted by Crippen LogP contribution is -2.21. The Morgan fingerprint density at radius 1 is 1.40 bits per heavy atom. The van der Waals surface area contributed by atoms with E-state index >= 15 is 0 Å². The van der Waals surface area contributed by atoms with Gasteiger partial charge in [0.05, 0.1) is 23.6 Å². The Labute approximate surface area is 91.3 Å². The standard InChI is InChI=1S/C12H17N3/c1-4-6-7-11(13-5-2)12-9-14-10(3)8-15-12/h8-9,11,13H,5,7H2,1-3H3. The first-order valence-electron chi connectivity index (χ1n) is 5.19. The molecule has 1 aromatic rings. The third kappa shape index (κ3) is 3.69. The second kappa shape index (κ2) is 6.15. The van der Waals surface area contributed by atoms with Crippen LogP contribution in [0.15, 0.2) is 12.4 Å². The van der Waals surface area contributed by atoms with Crippen LogP contribution < -0.4 is 5.32 Å². The van der Waals surface area contributed by atoms with Gasteiger partial charge in [0.2, 0.25) is 0 Å². The monoisotopic (exact) mass is 203 g/mol. The first-order valence-corrected chi connectivity index (χ1v) is 5.19. The molecule has 0 aliphatic rings. The number of nitrogens with zero attached hydrogens (tertiary/aromatic N) is 2. The lowest BCUT2D eigenvalue weighted by molar-refractivity contribution is 0.548. The fourth-order valence-corrected chi connectivity index (χ4v) is 1.31. The predicted molar refractivity (Wildman–Crippen MR) is 61.3 cm³/mol. The highest BCUT2D eigenvalue weighted by Crippen LogP contribution is 2.12. The van der Waals surface area contributed by atoms with Crippen molar-refractivity contribution in [1.82, 2.24) is 15.3 Å². The average molecular weight is 203 g/mol. The van der Waals surface area contributed by atoms with Crippen LogP contribution in [0.2, 0.25) is 0 Å². The molecule has 3 nitrogen and oxygen atoms in total. The minimum Gasteiger partial charge on any atom is -0.308 e. The summed E-state index contributed by atoms with van der Waals surface area (Å²) in [5.41, 5.74) is 1.90. The van der Waals surface area contributed by atoms with Crippen molar-refractivity contribution in [1.29, 1.82) is 0 Å². The summed E-state index contributed by atoms with van der Waals surface area (Å²) >= 11 is 0. The van der Waals surface area contributed by atoms with Gasteiger partial charge in [0.15, 0.2) is 0 Å². The molecule has 15 heavy (non-hydrogen) atoms. The van der Waals surface area contributed by atoms with E-state index in [4.69, 9.17) is 0 Å². The van der Waals surface area contributed by atoms with Crippen molar-refractivity contribution in [3.63, 3.8) is 0 Å². The Morgan fingerprint density at radius 3 is 2.73 bits per heavy atom. The summed E-state index contributed by atoms with van der Waals surface area (Å²) in [5, 5.41) is 3.35. The molecule has 1 N–H and O–H groups in total. The number of aryl methyl sites for hydroxylation is 1. The largest absolute Gasteiger partial charge is 0.308 e. The first kappa shape index (κ1) is 11.7. The van der Waals surface area contributed by atoms with Crippen LogP contribution in [0.5, 0.6) is 0 Å². The van der Waals surface area contributed by atoms with E-state index in [1.165, 1.54) is 0 Å². The summed E-state index contributed by atoms with van der Waals surface area (Å²) in [6.45, 7) is 6.77. The van der Waals surface area contributed by atoms with E-state index in [0.717, 1.165) is 24.4 Å². The van der Waals surface area contributed by atoms with Gasteiger partial charge in [-0.15, -0.1) is 11.8 Å². The second-order valence-electron chi connectivity index (χ2n) is 3.32. The second-order valence-corrected chi connectivity index (χ2v) is 3.32. The molecule has 1 atom stereocenters. The van der Waals surface area contributed by atoms with E-state index in [9.17, 15) is 0 Å². The van der Waals surface area contributed by atoms with Crippen LogP contribution in [0.3, 0.4) is 0 Å². The molecule has 0 aliphatic heterocycles. The molecular weight excluding hydrogens is 186 g/mol. The maximum absolute atomic E-state index is 4.36. The number of aromatic nitrogens is 2. The van der Waals surface area contributed by atoms with Crippen molar-refractivity contribution in [3.8, 4) is 11.8 Å². The molecule has 1 rings (SSSR count). The average Bonchev–Trinajstić information content (AvgIpc) is 2.25. The maximum Gasteiger partial charge on any atom is 0.0766 e. The zero-order valence-electron chi connectivity index (χ0n) is 9.54. The minimum atomic E-state index is 0.190. The van der Waals surface area contributed by atoms with Crippen LogP contribution in [0.1, 0.15) is 37.7 Å². The van der Waals surface area contributed by atoms with Gasteiger partial charge in [-0.25, -0.2) is 0 Å². The molecule has 1 unspecified atom stereocenters. The lowest BCUT2D eigenvalue weighted by Gasteiger charge is -2.13. The fraction of sp³-hybridized carbons (Fsp3) is 0.500. The summed E-state index contributed by atoms with van der Waals surface area (Å²) in [6.07, 6.45) is 4.39. The first-order chi connectivity index (χ1) is 7.27. The quantitative estimate of drug-likeness (QED) is 0.759. The number of hydrogen-bond donors (Lipinski definition) is 1. The zero-order valence-corrected chi connectivity index (χ0v) is 9.54. The summed E-state index contributed by atoms with van der Waals surface area (Å²) < 4.78 is 0. The molecule has 0 spiro atoms. The van der Waals surface area contributed by atoms with Gasteiger partial charge in [-0.05, 0) is 20.4 Å². The highest BCUT2D eigenvalue weighted by Gasteiger charge is 2.09. The van der Waals surface area contributed by atoms with Crippen LogP contribution in [0, 0.1) is 18.8 Å². The highest BCUT2D eigenvalue weighted by atomic mass is 14.9. The normalized spacial score (nSPS) is 11.7. The van der Waals surface area contributed by atoms with Crippen molar-refractivity contribution in [2.24, 2.45) is 0 Å². The molecule has 1 aromatic heterocycles. The Kier molecular flexibility index (Phi) is 4.79. The Hall–Kier alpha value is -1.40. The third-order valence-corrected chi connectivity index (χ3v) is 2.09. The summed E-state index contributed by atoms with van der Waals surface area (Å²) in [4.78, 5) is 8.60. The van der Waals surface area contributed by atoms with Gasteiger partial charge in [0.1, 0.15) is 0 Å². The summed E-state index contributed by atoms with van der Waals surface area (Å²) in [7, 11) is 0. The van der Waals surface area contributed by atoms with Crippen LogP contribution in [0.4, 0.5) is 0 Å². The van der Waals surface area contributed by atoms with Gasteiger partial charge in [0.25, 0.3) is 0 Å². The van der Waals surface area contributed by atoms with Crippen molar-refractivity contribution in [2.75, 3.05) is 6.54 Å². The van der Waals surface area contributed by atoms with Crippen LogP contribution in [0.25, 0.3) is 0 Å². The van der Waals surface area contributed by atoms with Crippen molar-refractivity contribution in [2.45, 2.75) is 33.2 Å². The van der Waals surface area contributed by atoms with Gasteiger partial charge >= 0.3 is 0 Å². The van der Waals surface area contributed by atoms with E-state index in [1.54, 1.807) is 6.20 Å². The Morgan fingerprint density at radius 2 is 2.20 bits per heavy atom. The van der Waals surface area contributed by atoms with E-state index in [0.29, 0.717) is 0 Å². The Balaban J connectivity index is 2.76. The SMILES string of the molecule is CC#CCC(NCC)c1cnc(C)cn1. The smallest absolute Gasteiger partial charge is 0.0766 e. The number of hydrogen-bond acceptors (Lipinski definition) is 3. The molecule has 3 heteroatoms. The minimum absolute atomic E-state index is 0.190. The molecule has 80 valence electrons. The number of nitrogens with one attached hydrogen (secondary N) is 1. The Bertz CT molecular complexity index is 345. The molecule has 0 saturated heterocycles. The lowest BCUT2D eigenvalue weighted by atomic mass is 10.1. The molecule has 1 heterocycles. The molecular formula is C12H17N3. The third-order valence-electron chi connectivity index (χ3n) is 2.09. The molecule has 0 aliphatic carbocycles. The van der Waals surface area contributed by atoms with Gasteiger partial charge < -0.3 is 5.32 Å². The fourth-order valence-electron chi connectivity index (χ4n) is 1.31. The summed E-state index contributed by atoms with van der Waals surface area (Å²) in [6, 6.07) is 0.190. The molecule has 0 bridgehead atoms. The predicted octanol–water partition coefficient (Wildman–Crippen LogP) is 1.85. The highest BCUT2D eigenvalue weighted by molar-refractivity contribution is 5.10. The van der Waals surface area contributed by atoms with Crippen LogP contribution in [-0.2, 0) is 0 Å².